The Kier molecular flexibility index (Phi) is 3.40. The molecular weight excluding hydrogens is 262 g/mol. The van der Waals surface area contributed by atoms with Crippen LogP contribution in [0, 0.1) is 0 Å². The lowest BCUT2D eigenvalue weighted by Crippen LogP contribution is -2.13. The van der Waals surface area contributed by atoms with Gasteiger partial charge in [0.2, 0.25) is 0 Å². The molecule has 98 valence electrons. The molecule has 3 nitrogen and oxygen atoms in total. The van der Waals surface area contributed by atoms with E-state index in [1.807, 2.05) is 18.2 Å². The van der Waals surface area contributed by atoms with Crippen LogP contribution in [-0.2, 0) is 6.42 Å². The third kappa shape index (κ3) is 2.31. The molecule has 1 N–H and O–H groups in total. The van der Waals surface area contributed by atoms with Crippen LogP contribution in [0.5, 0.6) is 5.75 Å². The van der Waals surface area contributed by atoms with Crippen molar-refractivity contribution >= 4 is 11.6 Å². The fourth-order valence-electron chi connectivity index (χ4n) is 2.38. The van der Waals surface area contributed by atoms with E-state index in [0.29, 0.717) is 17.3 Å². The Bertz CT molecular complexity index is 600. The van der Waals surface area contributed by atoms with Crippen molar-refractivity contribution in [1.82, 2.24) is 4.98 Å². The molecule has 0 saturated heterocycles. The van der Waals surface area contributed by atoms with Gasteiger partial charge in [-0.25, -0.2) is 0 Å². The van der Waals surface area contributed by atoms with Crippen molar-refractivity contribution in [3.8, 4) is 5.75 Å². The van der Waals surface area contributed by atoms with Gasteiger partial charge >= 0.3 is 0 Å². The summed E-state index contributed by atoms with van der Waals surface area (Å²) < 4.78 is 5.71. The summed E-state index contributed by atoms with van der Waals surface area (Å²) >= 11 is 6.09. The standard InChI is InChI=1S/C15H14ClNO2/c16-12-7-2-8-17-13(12)14(18)11-6-1-4-10-5-3-9-19-15(10)11/h1-2,4,6-8,14,18H,3,5,9H2. The van der Waals surface area contributed by atoms with Crippen LogP contribution < -0.4 is 4.74 Å². The zero-order valence-electron chi connectivity index (χ0n) is 10.3. The van der Waals surface area contributed by atoms with Gasteiger partial charge in [-0.05, 0) is 30.5 Å². The predicted molar refractivity (Wildman–Crippen MR) is 73.6 cm³/mol. The smallest absolute Gasteiger partial charge is 0.128 e. The van der Waals surface area contributed by atoms with E-state index in [1.165, 1.54) is 0 Å². The molecule has 0 fully saturated rings. The van der Waals surface area contributed by atoms with Crippen LogP contribution in [0.2, 0.25) is 5.02 Å². The summed E-state index contributed by atoms with van der Waals surface area (Å²) in [5.41, 5.74) is 2.33. The molecule has 2 heterocycles. The number of aromatic nitrogens is 1. The van der Waals surface area contributed by atoms with E-state index in [-0.39, 0.29) is 0 Å². The van der Waals surface area contributed by atoms with E-state index in [2.05, 4.69) is 4.98 Å². The maximum atomic E-state index is 10.5. The highest BCUT2D eigenvalue weighted by Crippen LogP contribution is 2.36. The third-order valence-corrected chi connectivity index (χ3v) is 3.62. The summed E-state index contributed by atoms with van der Waals surface area (Å²) in [6, 6.07) is 9.30. The molecule has 1 aliphatic rings. The number of ether oxygens (including phenoxy) is 1. The lowest BCUT2D eigenvalue weighted by molar-refractivity contribution is 0.202. The molecule has 1 unspecified atom stereocenters. The zero-order chi connectivity index (χ0) is 13.2. The van der Waals surface area contributed by atoms with Crippen molar-refractivity contribution in [2.45, 2.75) is 18.9 Å². The van der Waals surface area contributed by atoms with Crippen molar-refractivity contribution in [3.05, 3.63) is 58.4 Å². The van der Waals surface area contributed by atoms with Crippen LogP contribution in [0.4, 0.5) is 0 Å². The summed E-state index contributed by atoms with van der Waals surface area (Å²) in [6.45, 7) is 0.687. The van der Waals surface area contributed by atoms with E-state index in [1.54, 1.807) is 18.3 Å². The van der Waals surface area contributed by atoms with Gasteiger partial charge in [0.15, 0.2) is 0 Å². The number of aryl methyl sites for hydroxylation is 1. The van der Waals surface area contributed by atoms with Gasteiger partial charge in [-0.1, -0.05) is 29.8 Å². The van der Waals surface area contributed by atoms with E-state index in [9.17, 15) is 5.11 Å². The highest BCUT2D eigenvalue weighted by molar-refractivity contribution is 6.31. The SMILES string of the molecule is OC(c1cccc2c1OCCC2)c1ncccc1Cl. The summed E-state index contributed by atoms with van der Waals surface area (Å²) in [5, 5.41) is 11.0. The van der Waals surface area contributed by atoms with E-state index < -0.39 is 6.10 Å². The van der Waals surface area contributed by atoms with Crippen LogP contribution in [0.15, 0.2) is 36.5 Å². The van der Waals surface area contributed by atoms with Gasteiger partial charge in [0.25, 0.3) is 0 Å². The van der Waals surface area contributed by atoms with Crippen molar-refractivity contribution in [1.29, 1.82) is 0 Å². The monoisotopic (exact) mass is 275 g/mol. The van der Waals surface area contributed by atoms with Gasteiger partial charge in [0.1, 0.15) is 11.9 Å². The Morgan fingerprint density at radius 1 is 1.26 bits per heavy atom. The minimum absolute atomic E-state index is 0.461. The number of rotatable bonds is 2. The molecule has 1 aromatic carbocycles. The van der Waals surface area contributed by atoms with E-state index in [0.717, 1.165) is 29.7 Å². The number of benzene rings is 1. The molecule has 0 radical (unpaired) electrons. The fraction of sp³-hybridized carbons (Fsp3) is 0.267. The second-order valence-corrected chi connectivity index (χ2v) is 4.97. The van der Waals surface area contributed by atoms with E-state index in [4.69, 9.17) is 16.3 Å². The van der Waals surface area contributed by atoms with Crippen molar-refractivity contribution in [3.63, 3.8) is 0 Å². The van der Waals surface area contributed by atoms with Crippen molar-refractivity contribution in [2.24, 2.45) is 0 Å². The van der Waals surface area contributed by atoms with Gasteiger partial charge in [0.05, 0.1) is 17.3 Å². The first-order valence-corrected chi connectivity index (χ1v) is 6.68. The second kappa shape index (κ2) is 5.19. The largest absolute Gasteiger partial charge is 0.493 e. The number of pyridine rings is 1. The summed E-state index contributed by atoms with van der Waals surface area (Å²) in [7, 11) is 0. The first-order valence-electron chi connectivity index (χ1n) is 6.30. The molecule has 19 heavy (non-hydrogen) atoms. The van der Waals surface area contributed by atoms with Gasteiger partial charge in [-0.3, -0.25) is 4.98 Å². The van der Waals surface area contributed by atoms with Crippen LogP contribution in [-0.4, -0.2) is 16.7 Å². The Hall–Kier alpha value is -1.58. The minimum atomic E-state index is -0.859. The van der Waals surface area contributed by atoms with Crippen LogP contribution >= 0.6 is 11.6 Å². The Morgan fingerprint density at radius 2 is 2.16 bits per heavy atom. The lowest BCUT2D eigenvalue weighted by Gasteiger charge is -2.22. The molecule has 0 spiro atoms. The van der Waals surface area contributed by atoms with Crippen LogP contribution in [0.1, 0.15) is 29.3 Å². The predicted octanol–water partition coefficient (Wildman–Crippen LogP) is 3.14. The summed E-state index contributed by atoms with van der Waals surface area (Å²) in [5.74, 6) is 0.781. The average molecular weight is 276 g/mol. The zero-order valence-corrected chi connectivity index (χ0v) is 11.1. The molecule has 4 heteroatoms. The van der Waals surface area contributed by atoms with Gasteiger partial charge in [-0.15, -0.1) is 0 Å². The molecule has 1 atom stereocenters. The number of nitrogens with zero attached hydrogens (tertiary/aromatic N) is 1. The molecule has 0 amide bonds. The summed E-state index contributed by atoms with van der Waals surface area (Å²) in [6.07, 6.45) is 2.76. The molecule has 3 rings (SSSR count). The number of halogens is 1. The Morgan fingerprint density at radius 3 is 3.00 bits per heavy atom. The average Bonchev–Trinajstić information content (AvgIpc) is 2.46. The molecule has 1 aliphatic heterocycles. The summed E-state index contributed by atoms with van der Waals surface area (Å²) in [4.78, 5) is 4.17. The van der Waals surface area contributed by atoms with E-state index >= 15 is 0 Å². The number of hydrogen-bond donors (Lipinski definition) is 1. The third-order valence-electron chi connectivity index (χ3n) is 3.30. The molecule has 0 aliphatic carbocycles. The number of fused-ring (bicyclic) bond motifs is 1. The van der Waals surface area contributed by atoms with Crippen LogP contribution in [0.3, 0.4) is 0 Å². The maximum absolute atomic E-state index is 10.5. The molecule has 0 bridgehead atoms. The first kappa shape index (κ1) is 12.5. The number of aliphatic hydroxyl groups is 1. The van der Waals surface area contributed by atoms with Gasteiger partial charge < -0.3 is 9.84 Å². The van der Waals surface area contributed by atoms with Gasteiger partial charge in [-0.2, -0.15) is 0 Å². The topological polar surface area (TPSA) is 42.4 Å². The minimum Gasteiger partial charge on any atom is -0.493 e. The molecule has 2 aromatic rings. The molecule has 1 aromatic heterocycles. The van der Waals surface area contributed by atoms with Gasteiger partial charge in [0, 0.05) is 11.8 Å². The first-order chi connectivity index (χ1) is 9.27. The maximum Gasteiger partial charge on any atom is 0.128 e. The lowest BCUT2D eigenvalue weighted by atomic mass is 9.97. The Labute approximate surface area is 116 Å². The number of aliphatic hydroxyl groups excluding tert-OH is 1. The number of hydrogen-bond acceptors (Lipinski definition) is 3. The quantitative estimate of drug-likeness (QED) is 0.915. The molecule has 0 saturated carbocycles. The normalized spacial score (nSPS) is 15.5. The van der Waals surface area contributed by atoms with Crippen molar-refractivity contribution in [2.75, 3.05) is 6.61 Å². The highest BCUT2D eigenvalue weighted by atomic mass is 35.5. The molecular formula is C15H14ClNO2. The van der Waals surface area contributed by atoms with Crippen molar-refractivity contribution < 1.29 is 9.84 Å². The second-order valence-electron chi connectivity index (χ2n) is 4.56. The fourth-order valence-corrected chi connectivity index (χ4v) is 2.60. The highest BCUT2D eigenvalue weighted by Gasteiger charge is 2.22. The number of para-hydroxylation sites is 1. The van der Waals surface area contributed by atoms with Crippen LogP contribution in [0.25, 0.3) is 0 Å². The Balaban J connectivity index is 2.05.